The second-order valence-corrected chi connectivity index (χ2v) is 5.47. The van der Waals surface area contributed by atoms with Crippen molar-refractivity contribution in [3.8, 4) is 0 Å². The fraction of sp³-hybridized carbons (Fsp3) is 0.917. The van der Waals surface area contributed by atoms with Crippen LogP contribution in [0.3, 0.4) is 0 Å². The molecule has 1 heterocycles. The van der Waals surface area contributed by atoms with E-state index in [4.69, 9.17) is 0 Å². The first-order valence-electron chi connectivity index (χ1n) is 6.07. The highest BCUT2D eigenvalue weighted by atomic mass is 16.1. The fourth-order valence-corrected chi connectivity index (χ4v) is 3.32. The molecule has 0 amide bonds. The zero-order valence-corrected chi connectivity index (χ0v) is 8.67. The highest BCUT2D eigenvalue weighted by Gasteiger charge is 2.40. The van der Waals surface area contributed by atoms with Crippen LogP contribution < -0.4 is 5.32 Å². The predicted octanol–water partition coefficient (Wildman–Crippen LogP) is 1.60. The Balaban J connectivity index is 1.66. The van der Waals surface area contributed by atoms with Gasteiger partial charge in [-0.1, -0.05) is 0 Å². The van der Waals surface area contributed by atoms with Gasteiger partial charge in [-0.3, -0.25) is 4.79 Å². The number of rotatable bonds is 2. The van der Waals surface area contributed by atoms with E-state index in [1.165, 1.54) is 32.1 Å². The molecule has 2 aliphatic carbocycles. The standard InChI is InChI=1S/C12H19NO/c14-12(10-1-2-10)11-4-8-3-9(5-11)7-13-6-8/h8-11,13H,1-7H2/t8-,9+,11?. The Bertz CT molecular complexity index is 235. The molecule has 1 saturated heterocycles. The van der Waals surface area contributed by atoms with Crippen LogP contribution in [0, 0.1) is 23.7 Å². The normalized spacial score (nSPS) is 42.1. The van der Waals surface area contributed by atoms with Crippen molar-refractivity contribution in [2.75, 3.05) is 13.1 Å². The van der Waals surface area contributed by atoms with Gasteiger partial charge >= 0.3 is 0 Å². The minimum absolute atomic E-state index is 0.438. The van der Waals surface area contributed by atoms with E-state index in [0.29, 0.717) is 17.6 Å². The van der Waals surface area contributed by atoms with Crippen LogP contribution >= 0.6 is 0 Å². The summed E-state index contributed by atoms with van der Waals surface area (Å²) < 4.78 is 0. The molecule has 0 aromatic carbocycles. The lowest BCUT2D eigenvalue weighted by molar-refractivity contribution is -0.126. The monoisotopic (exact) mass is 193 g/mol. The minimum Gasteiger partial charge on any atom is -0.316 e. The molecular formula is C12H19NO. The van der Waals surface area contributed by atoms with Crippen molar-refractivity contribution in [3.05, 3.63) is 0 Å². The highest BCUT2D eigenvalue weighted by molar-refractivity contribution is 5.85. The Hall–Kier alpha value is -0.370. The third kappa shape index (κ3) is 1.60. The van der Waals surface area contributed by atoms with Gasteiger partial charge in [-0.05, 0) is 57.0 Å². The molecule has 2 saturated carbocycles. The van der Waals surface area contributed by atoms with Crippen molar-refractivity contribution < 1.29 is 4.79 Å². The van der Waals surface area contributed by atoms with E-state index in [1.807, 2.05) is 0 Å². The van der Waals surface area contributed by atoms with E-state index in [-0.39, 0.29) is 0 Å². The lowest BCUT2D eigenvalue weighted by Gasteiger charge is -2.38. The number of Topliss-reactive ketones (excluding diaryl/α,β-unsaturated/α-hetero) is 1. The van der Waals surface area contributed by atoms with Crippen molar-refractivity contribution in [2.24, 2.45) is 23.7 Å². The number of fused-ring (bicyclic) bond motifs is 2. The number of hydrogen-bond donors (Lipinski definition) is 1. The second-order valence-electron chi connectivity index (χ2n) is 5.47. The zero-order valence-electron chi connectivity index (χ0n) is 8.67. The Labute approximate surface area is 85.4 Å². The molecule has 3 atom stereocenters. The molecule has 0 aromatic rings. The maximum absolute atomic E-state index is 12.0. The van der Waals surface area contributed by atoms with E-state index in [0.717, 1.165) is 24.9 Å². The van der Waals surface area contributed by atoms with E-state index in [2.05, 4.69) is 5.32 Å². The molecule has 0 radical (unpaired) electrons. The van der Waals surface area contributed by atoms with Crippen LogP contribution in [0.1, 0.15) is 32.1 Å². The van der Waals surface area contributed by atoms with Gasteiger partial charge in [0.05, 0.1) is 0 Å². The van der Waals surface area contributed by atoms with Crippen molar-refractivity contribution in [1.82, 2.24) is 5.32 Å². The first-order valence-corrected chi connectivity index (χ1v) is 6.07. The first kappa shape index (κ1) is 8.90. The molecule has 1 aliphatic heterocycles. The van der Waals surface area contributed by atoms with Crippen LogP contribution in [0.4, 0.5) is 0 Å². The van der Waals surface area contributed by atoms with E-state index in [9.17, 15) is 4.79 Å². The second kappa shape index (κ2) is 3.34. The fourth-order valence-electron chi connectivity index (χ4n) is 3.32. The SMILES string of the molecule is O=C(C1CC1)C1C[C@H]2CNC[C@@H](C1)C2. The molecule has 78 valence electrons. The molecule has 3 fully saturated rings. The van der Waals surface area contributed by atoms with Crippen LogP contribution in [0.15, 0.2) is 0 Å². The molecule has 14 heavy (non-hydrogen) atoms. The maximum atomic E-state index is 12.0. The summed E-state index contributed by atoms with van der Waals surface area (Å²) in [7, 11) is 0. The van der Waals surface area contributed by atoms with Crippen molar-refractivity contribution in [2.45, 2.75) is 32.1 Å². The zero-order chi connectivity index (χ0) is 9.54. The largest absolute Gasteiger partial charge is 0.316 e. The average Bonchev–Trinajstić information content (AvgIpc) is 2.99. The maximum Gasteiger partial charge on any atom is 0.139 e. The number of ketones is 1. The smallest absolute Gasteiger partial charge is 0.139 e. The molecule has 1 unspecified atom stereocenters. The molecule has 2 nitrogen and oxygen atoms in total. The number of hydrogen-bond acceptors (Lipinski definition) is 2. The van der Waals surface area contributed by atoms with Gasteiger partial charge in [0.2, 0.25) is 0 Å². The number of nitrogens with one attached hydrogen (secondary N) is 1. The van der Waals surface area contributed by atoms with Crippen LogP contribution in [-0.2, 0) is 4.79 Å². The molecule has 2 heteroatoms. The van der Waals surface area contributed by atoms with Gasteiger partial charge in [0.15, 0.2) is 0 Å². The number of carbonyl (C=O) groups is 1. The Morgan fingerprint density at radius 3 is 2.14 bits per heavy atom. The molecular weight excluding hydrogens is 174 g/mol. The van der Waals surface area contributed by atoms with Gasteiger partial charge in [0.1, 0.15) is 5.78 Å². The van der Waals surface area contributed by atoms with Crippen molar-refractivity contribution in [3.63, 3.8) is 0 Å². The molecule has 0 spiro atoms. The van der Waals surface area contributed by atoms with E-state index < -0.39 is 0 Å². The van der Waals surface area contributed by atoms with Gasteiger partial charge in [0.25, 0.3) is 0 Å². The summed E-state index contributed by atoms with van der Waals surface area (Å²) in [4.78, 5) is 12.0. The summed E-state index contributed by atoms with van der Waals surface area (Å²) in [5.74, 6) is 3.13. The van der Waals surface area contributed by atoms with Crippen LogP contribution in [0.25, 0.3) is 0 Å². The van der Waals surface area contributed by atoms with Gasteiger partial charge in [-0.25, -0.2) is 0 Å². The molecule has 1 N–H and O–H groups in total. The van der Waals surface area contributed by atoms with E-state index in [1.54, 1.807) is 0 Å². The third-order valence-corrected chi connectivity index (χ3v) is 4.15. The number of piperidine rings is 1. The topological polar surface area (TPSA) is 29.1 Å². The summed E-state index contributed by atoms with van der Waals surface area (Å²) in [5, 5.41) is 3.48. The van der Waals surface area contributed by atoms with Crippen LogP contribution in [-0.4, -0.2) is 18.9 Å². The number of carbonyl (C=O) groups excluding carboxylic acids is 1. The summed E-state index contributed by atoms with van der Waals surface area (Å²) >= 11 is 0. The molecule has 2 bridgehead atoms. The quantitative estimate of drug-likeness (QED) is 0.721. The summed E-state index contributed by atoms with van der Waals surface area (Å²) in [6.45, 7) is 2.32. The Morgan fingerprint density at radius 1 is 0.929 bits per heavy atom. The predicted molar refractivity (Wildman–Crippen MR) is 54.9 cm³/mol. The molecule has 0 aromatic heterocycles. The summed E-state index contributed by atoms with van der Waals surface area (Å²) in [6, 6.07) is 0. The highest BCUT2D eigenvalue weighted by Crippen LogP contribution is 2.41. The summed E-state index contributed by atoms with van der Waals surface area (Å²) in [6.07, 6.45) is 6.10. The molecule has 3 rings (SSSR count). The minimum atomic E-state index is 0.438. The van der Waals surface area contributed by atoms with Gasteiger partial charge in [0, 0.05) is 11.8 Å². The first-order chi connectivity index (χ1) is 6.83. The van der Waals surface area contributed by atoms with Crippen LogP contribution in [0.5, 0.6) is 0 Å². The molecule has 3 aliphatic rings. The van der Waals surface area contributed by atoms with Gasteiger partial charge in [-0.15, -0.1) is 0 Å². The summed E-state index contributed by atoms with van der Waals surface area (Å²) in [5.41, 5.74) is 0. The van der Waals surface area contributed by atoms with Crippen LogP contribution in [0.2, 0.25) is 0 Å². The lowest BCUT2D eigenvalue weighted by atomic mass is 9.71. The third-order valence-electron chi connectivity index (χ3n) is 4.15. The van der Waals surface area contributed by atoms with E-state index >= 15 is 0 Å². The van der Waals surface area contributed by atoms with Gasteiger partial charge in [-0.2, -0.15) is 0 Å². The van der Waals surface area contributed by atoms with Gasteiger partial charge < -0.3 is 5.32 Å². The van der Waals surface area contributed by atoms with Crippen molar-refractivity contribution in [1.29, 1.82) is 0 Å². The average molecular weight is 193 g/mol. The Kier molecular flexibility index (Phi) is 2.12. The lowest BCUT2D eigenvalue weighted by Crippen LogP contribution is -2.43. The van der Waals surface area contributed by atoms with Crippen molar-refractivity contribution >= 4 is 5.78 Å². The Morgan fingerprint density at radius 2 is 1.57 bits per heavy atom.